The average molecular weight is 303 g/mol. The van der Waals surface area contributed by atoms with Crippen LogP contribution in [0.1, 0.15) is 12.5 Å². The molecular weight excluding hydrogens is 286 g/mol. The Morgan fingerprint density at radius 3 is 2.59 bits per heavy atom. The summed E-state index contributed by atoms with van der Waals surface area (Å²) in [6.07, 6.45) is 0. The number of imide groups is 1. The van der Waals surface area contributed by atoms with E-state index in [1.807, 2.05) is 6.07 Å². The first-order chi connectivity index (χ1) is 10.5. The summed E-state index contributed by atoms with van der Waals surface area (Å²) >= 11 is 0. The van der Waals surface area contributed by atoms with Crippen LogP contribution in [0.15, 0.2) is 24.3 Å². The summed E-state index contributed by atoms with van der Waals surface area (Å²) in [5.74, 6) is 0.244. The molecule has 0 aliphatic carbocycles. The fourth-order valence-corrected chi connectivity index (χ4v) is 2.22. The van der Waals surface area contributed by atoms with Crippen molar-refractivity contribution >= 4 is 11.9 Å². The van der Waals surface area contributed by atoms with Gasteiger partial charge in [0.2, 0.25) is 0 Å². The summed E-state index contributed by atoms with van der Waals surface area (Å²) in [5, 5.41) is 11.3. The number of rotatable bonds is 6. The van der Waals surface area contributed by atoms with Gasteiger partial charge in [-0.05, 0) is 31.2 Å². The molecule has 1 heterocycles. The van der Waals surface area contributed by atoms with Crippen molar-refractivity contribution in [1.82, 2.24) is 10.2 Å². The number of nitrogens with one attached hydrogen (secondary N) is 1. The van der Waals surface area contributed by atoms with E-state index in [2.05, 4.69) is 5.32 Å². The predicted molar refractivity (Wildman–Crippen MR) is 77.2 cm³/mol. The Labute approximate surface area is 128 Å². The van der Waals surface area contributed by atoms with E-state index in [1.54, 1.807) is 31.2 Å². The maximum absolute atomic E-state index is 12.2. The highest BCUT2D eigenvalue weighted by atomic mass is 16.5. The first kappa shape index (κ1) is 15.8. The second kappa shape index (κ2) is 6.45. The summed E-state index contributed by atoms with van der Waals surface area (Å²) < 4.78 is 10.4. The largest absolute Gasteiger partial charge is 0.492 e. The fourth-order valence-electron chi connectivity index (χ4n) is 2.22. The zero-order valence-corrected chi connectivity index (χ0v) is 12.5. The van der Waals surface area contributed by atoms with Gasteiger partial charge < -0.3 is 14.8 Å². The molecule has 1 aromatic rings. The summed E-state index contributed by atoms with van der Waals surface area (Å²) in [7, 11) is 1.47. The number of hydrogen-bond donors (Lipinski definition) is 1. The summed E-state index contributed by atoms with van der Waals surface area (Å²) in [5.41, 5.74) is -0.489. The van der Waals surface area contributed by atoms with Crippen LogP contribution >= 0.6 is 0 Å². The highest BCUT2D eigenvalue weighted by Gasteiger charge is 2.47. The maximum atomic E-state index is 12.2. The van der Waals surface area contributed by atoms with Crippen LogP contribution in [-0.2, 0) is 9.53 Å². The lowest BCUT2D eigenvalue weighted by atomic mass is 10.0. The second-order valence-corrected chi connectivity index (χ2v) is 5.14. The lowest BCUT2D eigenvalue weighted by Gasteiger charge is -2.20. The molecule has 1 aliphatic heterocycles. The topological polar surface area (TPSA) is 91.7 Å². The minimum absolute atomic E-state index is 0.116. The molecule has 7 heteroatoms. The Morgan fingerprint density at radius 2 is 2.00 bits per heavy atom. The quantitative estimate of drug-likeness (QED) is 0.788. The first-order valence-electron chi connectivity index (χ1n) is 6.76. The molecule has 1 aromatic carbocycles. The summed E-state index contributed by atoms with van der Waals surface area (Å²) in [6.45, 7) is 2.06. The lowest BCUT2D eigenvalue weighted by Crippen LogP contribution is -2.48. The van der Waals surface area contributed by atoms with E-state index in [0.717, 1.165) is 4.90 Å². The number of amides is 3. The molecule has 3 amide bonds. The van der Waals surface area contributed by atoms with E-state index in [4.69, 9.17) is 14.7 Å². The number of urea groups is 1. The molecule has 1 N–H and O–H groups in total. The fraction of sp³-hybridized carbons (Fsp3) is 0.400. The van der Waals surface area contributed by atoms with Crippen molar-refractivity contribution in [2.45, 2.75) is 12.5 Å². The summed E-state index contributed by atoms with van der Waals surface area (Å²) in [6, 6.07) is 8.17. The van der Waals surface area contributed by atoms with Gasteiger partial charge in [0.1, 0.15) is 17.9 Å². The Balaban J connectivity index is 1.90. The van der Waals surface area contributed by atoms with E-state index in [1.165, 1.54) is 7.11 Å². The van der Waals surface area contributed by atoms with Crippen molar-refractivity contribution < 1.29 is 19.1 Å². The predicted octanol–water partition coefficient (Wildman–Crippen LogP) is 0.894. The Bertz CT molecular complexity index is 608. The molecule has 116 valence electrons. The third-order valence-electron chi connectivity index (χ3n) is 3.35. The molecular formula is C15H17N3O4. The van der Waals surface area contributed by atoms with Gasteiger partial charge in [0.05, 0.1) is 24.8 Å². The molecule has 0 saturated carbocycles. The van der Waals surface area contributed by atoms with Gasteiger partial charge in [-0.3, -0.25) is 9.69 Å². The molecule has 1 saturated heterocycles. The van der Waals surface area contributed by atoms with Gasteiger partial charge in [-0.2, -0.15) is 5.26 Å². The van der Waals surface area contributed by atoms with Crippen LogP contribution in [0, 0.1) is 11.3 Å². The minimum Gasteiger partial charge on any atom is -0.492 e. The molecule has 2 rings (SSSR count). The third-order valence-corrected chi connectivity index (χ3v) is 3.35. The van der Waals surface area contributed by atoms with Crippen LogP contribution in [-0.4, -0.2) is 49.2 Å². The number of carbonyl (C=O) groups is 2. The van der Waals surface area contributed by atoms with Crippen LogP contribution in [0.25, 0.3) is 0 Å². The van der Waals surface area contributed by atoms with Gasteiger partial charge in [0.25, 0.3) is 5.91 Å². The molecule has 1 fully saturated rings. The molecule has 22 heavy (non-hydrogen) atoms. The van der Waals surface area contributed by atoms with Crippen molar-refractivity contribution in [2.75, 3.05) is 26.9 Å². The SMILES string of the molecule is COC[C@]1(C)NC(=O)N(CCOc2ccc(C#N)cc2)C1=O. The zero-order chi connectivity index (χ0) is 16.2. The third kappa shape index (κ3) is 3.18. The number of carbonyl (C=O) groups excluding carboxylic acids is 2. The van der Waals surface area contributed by atoms with Crippen molar-refractivity contribution in [2.24, 2.45) is 0 Å². The zero-order valence-electron chi connectivity index (χ0n) is 12.5. The van der Waals surface area contributed by atoms with Gasteiger partial charge in [0.15, 0.2) is 0 Å². The van der Waals surface area contributed by atoms with Crippen LogP contribution in [0.3, 0.4) is 0 Å². The molecule has 0 radical (unpaired) electrons. The standard InChI is InChI=1S/C15H17N3O4/c1-15(10-21-2)13(19)18(14(20)17-15)7-8-22-12-5-3-11(9-16)4-6-12/h3-6H,7-8,10H2,1-2H3,(H,17,20)/t15-/m0/s1. The van der Waals surface area contributed by atoms with Gasteiger partial charge in [-0.15, -0.1) is 0 Å². The Hall–Kier alpha value is -2.59. The van der Waals surface area contributed by atoms with Gasteiger partial charge in [-0.25, -0.2) is 4.79 Å². The second-order valence-electron chi connectivity index (χ2n) is 5.14. The molecule has 0 unspecified atom stereocenters. The highest BCUT2D eigenvalue weighted by Crippen LogP contribution is 2.18. The van der Waals surface area contributed by atoms with E-state index < -0.39 is 11.6 Å². The van der Waals surface area contributed by atoms with Crippen molar-refractivity contribution in [3.8, 4) is 11.8 Å². The van der Waals surface area contributed by atoms with Crippen LogP contribution in [0.2, 0.25) is 0 Å². The smallest absolute Gasteiger partial charge is 0.325 e. The van der Waals surface area contributed by atoms with Crippen molar-refractivity contribution in [1.29, 1.82) is 5.26 Å². The average Bonchev–Trinajstić information content (AvgIpc) is 2.71. The van der Waals surface area contributed by atoms with E-state index in [9.17, 15) is 9.59 Å². The number of nitriles is 1. The van der Waals surface area contributed by atoms with E-state index in [-0.39, 0.29) is 25.7 Å². The minimum atomic E-state index is -1.03. The number of ether oxygens (including phenoxy) is 2. The van der Waals surface area contributed by atoms with Gasteiger partial charge >= 0.3 is 6.03 Å². The molecule has 1 aliphatic rings. The monoisotopic (exact) mass is 303 g/mol. The van der Waals surface area contributed by atoms with E-state index in [0.29, 0.717) is 11.3 Å². The van der Waals surface area contributed by atoms with Gasteiger partial charge in [0, 0.05) is 7.11 Å². The first-order valence-corrected chi connectivity index (χ1v) is 6.76. The number of methoxy groups -OCH3 is 1. The van der Waals surface area contributed by atoms with Gasteiger partial charge in [-0.1, -0.05) is 0 Å². The van der Waals surface area contributed by atoms with Crippen molar-refractivity contribution in [3.63, 3.8) is 0 Å². The number of hydrogen-bond acceptors (Lipinski definition) is 5. The number of benzene rings is 1. The lowest BCUT2D eigenvalue weighted by molar-refractivity contribution is -0.132. The summed E-state index contributed by atoms with van der Waals surface area (Å²) in [4.78, 5) is 25.2. The molecule has 0 bridgehead atoms. The normalized spacial score (nSPS) is 20.7. The van der Waals surface area contributed by atoms with Crippen LogP contribution in [0.5, 0.6) is 5.75 Å². The maximum Gasteiger partial charge on any atom is 0.325 e. The number of nitrogens with zero attached hydrogens (tertiary/aromatic N) is 2. The molecule has 7 nitrogen and oxygen atoms in total. The Morgan fingerprint density at radius 1 is 1.32 bits per heavy atom. The van der Waals surface area contributed by atoms with E-state index >= 15 is 0 Å². The van der Waals surface area contributed by atoms with Crippen LogP contribution < -0.4 is 10.1 Å². The van der Waals surface area contributed by atoms with Crippen molar-refractivity contribution in [3.05, 3.63) is 29.8 Å². The Kier molecular flexibility index (Phi) is 4.63. The molecule has 0 spiro atoms. The van der Waals surface area contributed by atoms with Crippen LogP contribution in [0.4, 0.5) is 4.79 Å². The highest BCUT2D eigenvalue weighted by molar-refractivity contribution is 6.06. The molecule has 0 aromatic heterocycles. The molecule has 1 atom stereocenters.